The summed E-state index contributed by atoms with van der Waals surface area (Å²) in [5.41, 5.74) is 2.90. The average molecular weight is 439 g/mol. The minimum absolute atomic E-state index is 0.185. The molecule has 0 spiro atoms. The number of ether oxygens (including phenoxy) is 1. The van der Waals surface area contributed by atoms with Crippen molar-refractivity contribution < 1.29 is 14.9 Å². The molecule has 0 bridgehead atoms. The first kappa shape index (κ1) is 25.2. The lowest BCUT2D eigenvalue weighted by molar-refractivity contribution is 0.242. The van der Waals surface area contributed by atoms with E-state index in [1.165, 1.54) is 49.8 Å². The van der Waals surface area contributed by atoms with E-state index in [0.29, 0.717) is 29.0 Å². The minimum Gasteiger partial charge on any atom is -0.488 e. The number of hydrogen-bond acceptors (Lipinski definition) is 3. The monoisotopic (exact) mass is 438 g/mol. The molecule has 2 aromatic rings. The summed E-state index contributed by atoms with van der Waals surface area (Å²) in [6, 6.07) is 13.6. The van der Waals surface area contributed by atoms with Gasteiger partial charge in [-0.05, 0) is 17.7 Å². The number of aliphatic hydroxyl groups is 2. The summed E-state index contributed by atoms with van der Waals surface area (Å²) in [6.45, 7) is 7.19. The highest BCUT2D eigenvalue weighted by molar-refractivity contribution is 6.89. The maximum absolute atomic E-state index is 9.69. The molecule has 2 N–H and O–H groups in total. The Bertz CT molecular complexity index is 825. The van der Waals surface area contributed by atoms with E-state index >= 15 is 0 Å². The maximum Gasteiger partial charge on any atom is 0.130 e. The van der Waals surface area contributed by atoms with Crippen LogP contribution in [-0.4, -0.2) is 18.3 Å². The van der Waals surface area contributed by atoms with Gasteiger partial charge >= 0.3 is 0 Å². The lowest BCUT2D eigenvalue weighted by atomic mass is 10.0. The summed E-state index contributed by atoms with van der Waals surface area (Å²) in [5.74, 6) is 3.07. The predicted molar refractivity (Wildman–Crippen MR) is 132 cm³/mol. The average Bonchev–Trinajstić information content (AvgIpc) is 2.79. The summed E-state index contributed by atoms with van der Waals surface area (Å²) >= 11 is 0. The van der Waals surface area contributed by atoms with E-state index < -0.39 is 8.07 Å². The van der Waals surface area contributed by atoms with Crippen molar-refractivity contribution >= 4 is 13.3 Å². The third-order valence-corrected chi connectivity index (χ3v) is 9.52. The zero-order valence-electron chi connectivity index (χ0n) is 19.4. The van der Waals surface area contributed by atoms with Gasteiger partial charge in [-0.3, -0.25) is 0 Å². The van der Waals surface area contributed by atoms with Crippen LogP contribution < -0.4 is 9.92 Å². The van der Waals surface area contributed by atoms with E-state index in [0.717, 1.165) is 5.56 Å². The van der Waals surface area contributed by atoms with Crippen molar-refractivity contribution in [1.29, 1.82) is 0 Å². The first-order chi connectivity index (χ1) is 14.9. The minimum atomic E-state index is -1.42. The molecule has 0 amide bonds. The fourth-order valence-electron chi connectivity index (χ4n) is 3.96. The van der Waals surface area contributed by atoms with E-state index in [9.17, 15) is 10.2 Å². The van der Waals surface area contributed by atoms with Gasteiger partial charge in [0.15, 0.2) is 0 Å². The lowest BCUT2D eigenvalue weighted by Crippen LogP contribution is -2.40. The molecule has 2 aromatic carbocycles. The van der Waals surface area contributed by atoms with Crippen molar-refractivity contribution in [2.24, 2.45) is 0 Å². The Morgan fingerprint density at radius 2 is 1.48 bits per heavy atom. The van der Waals surface area contributed by atoms with Gasteiger partial charge in [-0.25, -0.2) is 0 Å². The molecule has 0 aliphatic rings. The normalized spacial score (nSPS) is 11.4. The number of hydrogen-bond donors (Lipinski definition) is 2. The molecule has 0 aliphatic heterocycles. The summed E-state index contributed by atoms with van der Waals surface area (Å²) in [6.07, 6.45) is 13.5. The Balaban J connectivity index is 1.98. The largest absolute Gasteiger partial charge is 0.488 e. The molecule has 0 saturated carbocycles. The van der Waals surface area contributed by atoms with Crippen LogP contribution in [0.25, 0.3) is 0 Å². The quantitative estimate of drug-likeness (QED) is 0.246. The third-order valence-electron chi connectivity index (χ3n) is 6.02. The van der Waals surface area contributed by atoms with Crippen molar-refractivity contribution in [2.75, 3.05) is 0 Å². The Hall–Kier alpha value is -2.06. The van der Waals surface area contributed by atoms with Crippen molar-refractivity contribution in [3.63, 3.8) is 0 Å². The Morgan fingerprint density at radius 3 is 2.03 bits per heavy atom. The molecule has 0 unspecified atom stereocenters. The van der Waals surface area contributed by atoms with Crippen LogP contribution in [0.1, 0.15) is 67.7 Å². The molecule has 4 heteroatoms. The highest BCUT2D eigenvalue weighted by Gasteiger charge is 2.22. The van der Waals surface area contributed by atoms with Crippen LogP contribution in [0.3, 0.4) is 0 Å². The van der Waals surface area contributed by atoms with Crippen molar-refractivity contribution in [2.45, 2.75) is 84.4 Å². The van der Waals surface area contributed by atoms with E-state index in [1.807, 2.05) is 0 Å². The zero-order chi connectivity index (χ0) is 22.7. The summed E-state index contributed by atoms with van der Waals surface area (Å²) < 4.78 is 6.00. The molecule has 0 atom stereocenters. The second-order valence-corrected chi connectivity index (χ2v) is 13.8. The second-order valence-electron chi connectivity index (χ2n) is 8.97. The molecule has 0 aliphatic carbocycles. The fourth-order valence-corrected chi connectivity index (χ4v) is 6.45. The summed E-state index contributed by atoms with van der Waals surface area (Å²) in [4.78, 5) is 0. The standard InChI is InChI=1S/C27H38O3Si/c1-5-7-8-9-10-11-16-31(3,4)26-14-12-23(13-15-26)21-30-27-24(19-28)17-22(6-2)18-25(27)20-29/h2,12-15,17-18,28-29H,5,7-11,16,19-21H2,1,3-4H3. The highest BCUT2D eigenvalue weighted by Crippen LogP contribution is 2.27. The number of terminal acetylenes is 1. The lowest BCUT2D eigenvalue weighted by Gasteiger charge is -2.23. The number of aliphatic hydroxyl groups excluding tert-OH is 2. The molecule has 0 heterocycles. The van der Waals surface area contributed by atoms with Gasteiger partial charge in [-0.1, -0.05) is 100.0 Å². The first-order valence-corrected chi connectivity index (χ1v) is 14.7. The number of benzene rings is 2. The zero-order valence-corrected chi connectivity index (χ0v) is 20.4. The van der Waals surface area contributed by atoms with Crippen LogP contribution in [0.5, 0.6) is 5.75 Å². The molecule has 0 fully saturated rings. The molecule has 2 rings (SSSR count). The van der Waals surface area contributed by atoms with E-state index in [4.69, 9.17) is 11.2 Å². The molecular weight excluding hydrogens is 400 g/mol. The van der Waals surface area contributed by atoms with Gasteiger partial charge in [0.05, 0.1) is 21.3 Å². The van der Waals surface area contributed by atoms with E-state index in [-0.39, 0.29) is 13.2 Å². The van der Waals surface area contributed by atoms with Crippen molar-refractivity contribution in [3.8, 4) is 18.1 Å². The fraction of sp³-hybridized carbons (Fsp3) is 0.481. The predicted octanol–water partition coefficient (Wildman–Crippen LogP) is 5.51. The second kappa shape index (κ2) is 12.7. The molecule has 0 saturated heterocycles. The number of unbranched alkanes of at least 4 members (excludes halogenated alkanes) is 5. The van der Waals surface area contributed by atoms with Crippen LogP contribution in [0.4, 0.5) is 0 Å². The van der Waals surface area contributed by atoms with Gasteiger partial charge in [0.2, 0.25) is 0 Å². The highest BCUT2D eigenvalue weighted by atomic mass is 28.3. The van der Waals surface area contributed by atoms with E-state index in [1.54, 1.807) is 12.1 Å². The van der Waals surface area contributed by atoms with Crippen LogP contribution in [0, 0.1) is 12.3 Å². The van der Waals surface area contributed by atoms with Gasteiger partial charge in [0, 0.05) is 16.7 Å². The Morgan fingerprint density at radius 1 is 0.903 bits per heavy atom. The SMILES string of the molecule is C#Cc1cc(CO)c(OCc2ccc([Si](C)(C)CCCCCCCC)cc2)c(CO)c1. The Labute approximate surface area is 189 Å². The maximum atomic E-state index is 9.69. The first-order valence-electron chi connectivity index (χ1n) is 11.5. The van der Waals surface area contributed by atoms with Crippen LogP contribution in [0.2, 0.25) is 19.1 Å². The molecular formula is C27H38O3Si. The van der Waals surface area contributed by atoms with Crippen molar-refractivity contribution in [1.82, 2.24) is 0 Å². The van der Waals surface area contributed by atoms with Gasteiger partial charge in [0.25, 0.3) is 0 Å². The molecule has 3 nitrogen and oxygen atoms in total. The Kier molecular flexibility index (Phi) is 10.3. The van der Waals surface area contributed by atoms with Crippen molar-refractivity contribution in [3.05, 3.63) is 58.7 Å². The van der Waals surface area contributed by atoms with Gasteiger partial charge in [-0.2, -0.15) is 0 Å². The van der Waals surface area contributed by atoms with Crippen LogP contribution in [-0.2, 0) is 19.8 Å². The van der Waals surface area contributed by atoms with Gasteiger partial charge in [-0.15, -0.1) is 6.42 Å². The van der Waals surface area contributed by atoms with Gasteiger partial charge in [0.1, 0.15) is 12.4 Å². The van der Waals surface area contributed by atoms with Crippen LogP contribution in [0.15, 0.2) is 36.4 Å². The summed E-state index contributed by atoms with van der Waals surface area (Å²) in [5, 5.41) is 20.9. The molecule has 168 valence electrons. The molecule has 0 aromatic heterocycles. The topological polar surface area (TPSA) is 49.7 Å². The number of rotatable bonds is 13. The van der Waals surface area contributed by atoms with E-state index in [2.05, 4.69) is 50.2 Å². The molecule has 31 heavy (non-hydrogen) atoms. The third kappa shape index (κ3) is 7.54. The summed E-state index contributed by atoms with van der Waals surface area (Å²) in [7, 11) is -1.42. The van der Waals surface area contributed by atoms with Gasteiger partial charge < -0.3 is 14.9 Å². The van der Waals surface area contributed by atoms with Crippen LogP contribution >= 0.6 is 0 Å². The smallest absolute Gasteiger partial charge is 0.130 e. The molecule has 0 radical (unpaired) electrons.